The number of nitrogens with two attached hydrogens (primary N) is 1. The Kier molecular flexibility index (Phi) is 4.72. The Morgan fingerprint density at radius 2 is 1.89 bits per heavy atom. The summed E-state index contributed by atoms with van der Waals surface area (Å²) in [5.74, 6) is 0. The zero-order valence-electron chi connectivity index (χ0n) is 10.7. The molecule has 0 aromatic heterocycles. The summed E-state index contributed by atoms with van der Waals surface area (Å²) in [6.45, 7) is 4.37. The molecule has 3 N–H and O–H groups in total. The van der Waals surface area contributed by atoms with Crippen LogP contribution in [0.25, 0.3) is 0 Å². The largest absolute Gasteiger partial charge is 0.394 e. The van der Waals surface area contributed by atoms with E-state index in [9.17, 15) is 5.11 Å². The second kappa shape index (κ2) is 6.29. The van der Waals surface area contributed by atoms with Gasteiger partial charge in [-0.3, -0.25) is 4.90 Å². The molecule has 0 amide bonds. The van der Waals surface area contributed by atoms with E-state index in [1.54, 1.807) is 0 Å². The smallest absolute Gasteiger partial charge is 0.0656 e. The van der Waals surface area contributed by atoms with Gasteiger partial charge in [0.1, 0.15) is 0 Å². The van der Waals surface area contributed by atoms with Crippen molar-refractivity contribution in [1.82, 2.24) is 4.90 Å². The summed E-state index contributed by atoms with van der Waals surface area (Å²) < 4.78 is 5.32. The second-order valence-corrected chi connectivity index (χ2v) is 4.88. The predicted molar refractivity (Wildman–Crippen MR) is 71.3 cm³/mol. The summed E-state index contributed by atoms with van der Waals surface area (Å²) in [6, 6.07) is 9.84. The van der Waals surface area contributed by atoms with Gasteiger partial charge in [0, 0.05) is 19.6 Å². The number of nitrogens with zero attached hydrogens (tertiary/aromatic N) is 1. The van der Waals surface area contributed by atoms with Crippen LogP contribution in [0, 0.1) is 0 Å². The fourth-order valence-corrected chi connectivity index (χ4v) is 2.27. The van der Waals surface area contributed by atoms with Gasteiger partial charge in [0.25, 0.3) is 0 Å². The van der Waals surface area contributed by atoms with Gasteiger partial charge in [0.15, 0.2) is 0 Å². The van der Waals surface area contributed by atoms with Gasteiger partial charge in [0.2, 0.25) is 0 Å². The summed E-state index contributed by atoms with van der Waals surface area (Å²) >= 11 is 0. The molecule has 0 aliphatic carbocycles. The van der Waals surface area contributed by atoms with Crippen LogP contribution in [-0.4, -0.2) is 49.5 Å². The molecule has 1 aromatic carbocycles. The topological polar surface area (TPSA) is 58.7 Å². The van der Waals surface area contributed by atoms with E-state index in [1.165, 1.54) is 0 Å². The van der Waals surface area contributed by atoms with E-state index in [2.05, 4.69) is 4.90 Å². The van der Waals surface area contributed by atoms with E-state index in [0.29, 0.717) is 0 Å². The van der Waals surface area contributed by atoms with Gasteiger partial charge in [-0.15, -0.1) is 0 Å². The van der Waals surface area contributed by atoms with Crippen LogP contribution in [0.2, 0.25) is 0 Å². The molecule has 4 heteroatoms. The Labute approximate surface area is 108 Å². The van der Waals surface area contributed by atoms with Gasteiger partial charge in [-0.1, -0.05) is 30.3 Å². The SMILES string of the molecule is NC(CO)(CCN1CCOCC1)c1ccccc1. The molecule has 2 rings (SSSR count). The number of aliphatic hydroxyl groups excluding tert-OH is 1. The van der Waals surface area contributed by atoms with Crippen LogP contribution in [0.3, 0.4) is 0 Å². The fraction of sp³-hybridized carbons (Fsp3) is 0.571. The summed E-state index contributed by atoms with van der Waals surface area (Å²) in [7, 11) is 0. The molecule has 0 bridgehead atoms. The predicted octanol–water partition coefficient (Wildman–Crippen LogP) is 0.555. The van der Waals surface area contributed by atoms with Crippen molar-refractivity contribution in [3.8, 4) is 0 Å². The number of benzene rings is 1. The zero-order chi connectivity index (χ0) is 12.8. The number of hydrogen-bond acceptors (Lipinski definition) is 4. The molecule has 0 spiro atoms. The Morgan fingerprint density at radius 3 is 2.50 bits per heavy atom. The lowest BCUT2D eigenvalue weighted by Crippen LogP contribution is -2.45. The molecule has 18 heavy (non-hydrogen) atoms. The van der Waals surface area contributed by atoms with Crippen molar-refractivity contribution in [3.63, 3.8) is 0 Å². The maximum Gasteiger partial charge on any atom is 0.0656 e. The number of morpholine rings is 1. The summed E-state index contributed by atoms with van der Waals surface area (Å²) in [5.41, 5.74) is 6.69. The van der Waals surface area contributed by atoms with Crippen LogP contribution < -0.4 is 5.73 Å². The Morgan fingerprint density at radius 1 is 1.22 bits per heavy atom. The van der Waals surface area contributed by atoms with Crippen LogP contribution in [0.15, 0.2) is 30.3 Å². The quantitative estimate of drug-likeness (QED) is 0.801. The van der Waals surface area contributed by atoms with Crippen molar-refractivity contribution in [2.75, 3.05) is 39.5 Å². The highest BCUT2D eigenvalue weighted by atomic mass is 16.5. The fourth-order valence-electron chi connectivity index (χ4n) is 2.27. The monoisotopic (exact) mass is 250 g/mol. The molecule has 100 valence electrons. The molecule has 1 saturated heterocycles. The van der Waals surface area contributed by atoms with Gasteiger partial charge in [-0.2, -0.15) is 0 Å². The first-order valence-electron chi connectivity index (χ1n) is 6.50. The average molecular weight is 250 g/mol. The molecular formula is C14H22N2O2. The molecule has 1 heterocycles. The van der Waals surface area contributed by atoms with Crippen LogP contribution >= 0.6 is 0 Å². The molecule has 4 nitrogen and oxygen atoms in total. The maximum absolute atomic E-state index is 9.60. The minimum absolute atomic E-state index is 0.0264. The molecule has 1 aromatic rings. The third-order valence-corrected chi connectivity index (χ3v) is 3.61. The van der Waals surface area contributed by atoms with Crippen LogP contribution in [-0.2, 0) is 10.3 Å². The van der Waals surface area contributed by atoms with Gasteiger partial charge >= 0.3 is 0 Å². The standard InChI is InChI=1S/C14H22N2O2/c15-14(12-17,13-4-2-1-3-5-13)6-7-16-8-10-18-11-9-16/h1-5,17H,6-12,15H2. The number of ether oxygens (including phenoxy) is 1. The van der Waals surface area contributed by atoms with E-state index in [0.717, 1.165) is 44.8 Å². The minimum Gasteiger partial charge on any atom is -0.394 e. The van der Waals surface area contributed by atoms with Crippen molar-refractivity contribution in [1.29, 1.82) is 0 Å². The minimum atomic E-state index is -0.639. The van der Waals surface area contributed by atoms with Crippen LogP contribution in [0.1, 0.15) is 12.0 Å². The maximum atomic E-state index is 9.60. The Bertz CT molecular complexity index is 352. The molecule has 1 aliphatic rings. The van der Waals surface area contributed by atoms with Gasteiger partial charge in [-0.25, -0.2) is 0 Å². The summed E-state index contributed by atoms with van der Waals surface area (Å²) in [6.07, 6.45) is 0.757. The van der Waals surface area contributed by atoms with E-state index in [4.69, 9.17) is 10.5 Å². The van der Waals surface area contributed by atoms with Gasteiger partial charge in [-0.05, 0) is 12.0 Å². The highest BCUT2D eigenvalue weighted by molar-refractivity contribution is 5.24. The number of hydrogen-bond donors (Lipinski definition) is 2. The Balaban J connectivity index is 1.95. The molecule has 0 saturated carbocycles. The lowest BCUT2D eigenvalue weighted by Gasteiger charge is -2.33. The lowest BCUT2D eigenvalue weighted by atomic mass is 9.88. The molecule has 1 unspecified atom stereocenters. The Hall–Kier alpha value is -0.940. The van der Waals surface area contributed by atoms with Crippen LogP contribution in [0.4, 0.5) is 0 Å². The van der Waals surface area contributed by atoms with E-state index in [-0.39, 0.29) is 6.61 Å². The molecular weight excluding hydrogens is 228 g/mol. The van der Waals surface area contributed by atoms with Gasteiger partial charge < -0.3 is 15.6 Å². The second-order valence-electron chi connectivity index (χ2n) is 4.88. The van der Waals surface area contributed by atoms with Crippen molar-refractivity contribution < 1.29 is 9.84 Å². The third kappa shape index (κ3) is 3.29. The zero-order valence-corrected chi connectivity index (χ0v) is 10.7. The molecule has 1 aliphatic heterocycles. The van der Waals surface area contributed by atoms with Gasteiger partial charge in [0.05, 0.1) is 25.4 Å². The number of rotatable bonds is 5. The van der Waals surface area contributed by atoms with Crippen molar-refractivity contribution in [2.24, 2.45) is 5.73 Å². The summed E-state index contributed by atoms with van der Waals surface area (Å²) in [5, 5.41) is 9.60. The lowest BCUT2D eigenvalue weighted by molar-refractivity contribution is 0.0321. The first-order chi connectivity index (χ1) is 8.74. The molecule has 1 atom stereocenters. The van der Waals surface area contributed by atoms with E-state index >= 15 is 0 Å². The molecule has 0 radical (unpaired) electrons. The van der Waals surface area contributed by atoms with Crippen molar-refractivity contribution in [2.45, 2.75) is 12.0 Å². The highest BCUT2D eigenvalue weighted by Crippen LogP contribution is 2.22. The summed E-state index contributed by atoms with van der Waals surface area (Å²) in [4.78, 5) is 2.34. The first kappa shape index (κ1) is 13.5. The van der Waals surface area contributed by atoms with E-state index in [1.807, 2.05) is 30.3 Å². The third-order valence-electron chi connectivity index (χ3n) is 3.61. The van der Waals surface area contributed by atoms with Crippen molar-refractivity contribution in [3.05, 3.63) is 35.9 Å². The van der Waals surface area contributed by atoms with Crippen LogP contribution in [0.5, 0.6) is 0 Å². The normalized spacial score (nSPS) is 20.6. The number of aliphatic hydroxyl groups is 1. The molecule has 1 fully saturated rings. The van der Waals surface area contributed by atoms with Crippen molar-refractivity contribution >= 4 is 0 Å². The first-order valence-corrected chi connectivity index (χ1v) is 6.50. The van der Waals surface area contributed by atoms with E-state index < -0.39 is 5.54 Å². The average Bonchev–Trinajstić information content (AvgIpc) is 2.47. The highest BCUT2D eigenvalue weighted by Gasteiger charge is 2.27.